The maximum atomic E-state index is 2.49. The van der Waals surface area contributed by atoms with Crippen LogP contribution in [-0.4, -0.2) is 16.1 Å². The summed E-state index contributed by atoms with van der Waals surface area (Å²) in [5, 5.41) is 10.4. The van der Waals surface area contributed by atoms with E-state index in [9.17, 15) is 0 Å². The molecular formula is C62H60N2Si2. The van der Waals surface area contributed by atoms with Crippen LogP contribution >= 0.6 is 0 Å². The van der Waals surface area contributed by atoms with Gasteiger partial charge in [0.1, 0.15) is 0 Å². The van der Waals surface area contributed by atoms with Crippen molar-refractivity contribution < 1.29 is 0 Å². The van der Waals surface area contributed by atoms with Gasteiger partial charge in [-0.2, -0.15) is 0 Å². The fourth-order valence-electron chi connectivity index (χ4n) is 10.3. The van der Waals surface area contributed by atoms with E-state index in [1.54, 1.807) is 0 Å². The molecule has 10 rings (SSSR count). The maximum Gasteiger partial charge on any atom is 0.0775 e. The highest BCUT2D eigenvalue weighted by atomic mass is 28.3. The van der Waals surface area contributed by atoms with Gasteiger partial charge >= 0.3 is 0 Å². The van der Waals surface area contributed by atoms with Gasteiger partial charge in [0, 0.05) is 44.3 Å². The van der Waals surface area contributed by atoms with E-state index in [-0.39, 0.29) is 0 Å². The highest BCUT2D eigenvalue weighted by molar-refractivity contribution is 6.89. The van der Waals surface area contributed by atoms with Gasteiger partial charge in [-0.3, -0.25) is 0 Å². The zero-order valence-corrected chi connectivity index (χ0v) is 42.2. The Kier molecular flexibility index (Phi) is 10.9. The summed E-state index contributed by atoms with van der Waals surface area (Å²) < 4.78 is 0. The second-order valence-electron chi connectivity index (χ2n) is 20.6. The molecule has 10 aromatic rings. The molecule has 0 N–H and O–H groups in total. The number of rotatable bonds is 10. The average Bonchev–Trinajstić information content (AvgIpc) is 3.28. The van der Waals surface area contributed by atoms with Crippen molar-refractivity contribution in [1.29, 1.82) is 0 Å². The summed E-state index contributed by atoms with van der Waals surface area (Å²) in [6.45, 7) is 23.5. The molecule has 0 saturated carbocycles. The lowest BCUT2D eigenvalue weighted by Crippen LogP contribution is -2.37. The lowest BCUT2D eigenvalue weighted by atomic mass is 9.84. The summed E-state index contributed by atoms with van der Waals surface area (Å²) >= 11 is 0. The molecule has 0 fully saturated rings. The molecule has 326 valence electrons. The van der Waals surface area contributed by atoms with Crippen molar-refractivity contribution in [2.45, 2.75) is 67.0 Å². The normalized spacial score (nSPS) is 12.1. The SMILES string of the molecule is Cc1cc(C)cc(-c2cc(N(c3ccccc3)c3ccc([Si](C)(C)C)cc3)c3ccc4c(-c5cc(C)cc(C)c5)cc(N(c5ccccc5)c5ccc([Si](C)(C)C)cc5)c5ccc2c3c45)c1. The largest absolute Gasteiger partial charge is 0.310 e. The smallest absolute Gasteiger partial charge is 0.0775 e. The number of para-hydroxylation sites is 2. The van der Waals surface area contributed by atoms with E-state index >= 15 is 0 Å². The van der Waals surface area contributed by atoms with Crippen LogP contribution in [0.2, 0.25) is 39.3 Å². The van der Waals surface area contributed by atoms with E-state index in [1.807, 2.05) is 0 Å². The van der Waals surface area contributed by atoms with E-state index in [4.69, 9.17) is 0 Å². The summed E-state index contributed by atoms with van der Waals surface area (Å²) in [6, 6.07) is 69.4. The first-order valence-corrected chi connectivity index (χ1v) is 30.5. The van der Waals surface area contributed by atoms with Crippen molar-refractivity contribution in [3.63, 3.8) is 0 Å². The minimum absolute atomic E-state index is 1.13. The van der Waals surface area contributed by atoms with Crippen molar-refractivity contribution in [1.82, 2.24) is 0 Å². The van der Waals surface area contributed by atoms with Gasteiger partial charge in [0.05, 0.1) is 27.5 Å². The first-order chi connectivity index (χ1) is 31.6. The van der Waals surface area contributed by atoms with Gasteiger partial charge in [-0.25, -0.2) is 0 Å². The molecule has 0 spiro atoms. The molecule has 0 aromatic heterocycles. The number of hydrogen-bond acceptors (Lipinski definition) is 2. The van der Waals surface area contributed by atoms with E-state index < -0.39 is 16.1 Å². The highest BCUT2D eigenvalue weighted by Crippen LogP contribution is 2.52. The number of anilines is 6. The Bertz CT molecular complexity index is 3130. The molecule has 0 amide bonds. The van der Waals surface area contributed by atoms with E-state index in [0.29, 0.717) is 0 Å². The standard InChI is InChI=1S/C62H60N2Si2/c1-41-33-42(2)36-45(35-41)57-39-59(63(47-17-13-11-14-18-47)49-21-25-51(26-22-49)65(5,6)7)55-32-30-54-58(46-37-43(3)34-44(4)38-46)40-60(56-31-29-53(57)61(55)62(54)56)64(48-19-15-12-16-20-48)50-23-27-52(28-24-50)66(8,9)10/h11-40H,1-10H3. The Morgan fingerprint density at radius 1 is 0.303 bits per heavy atom. The molecule has 66 heavy (non-hydrogen) atoms. The topological polar surface area (TPSA) is 6.48 Å². The molecule has 0 radical (unpaired) electrons. The van der Waals surface area contributed by atoms with E-state index in [2.05, 4.69) is 259 Å². The first-order valence-electron chi connectivity index (χ1n) is 23.5. The van der Waals surface area contributed by atoms with Crippen LogP contribution in [-0.2, 0) is 0 Å². The summed E-state index contributed by atoms with van der Waals surface area (Å²) in [4.78, 5) is 4.99. The molecule has 0 heterocycles. The lowest BCUT2D eigenvalue weighted by molar-refractivity contribution is 1.30. The third-order valence-electron chi connectivity index (χ3n) is 13.4. The van der Waals surface area contributed by atoms with Crippen molar-refractivity contribution >= 4 is 93.0 Å². The number of benzene rings is 10. The minimum atomic E-state index is -1.54. The molecule has 2 nitrogen and oxygen atoms in total. The lowest BCUT2D eigenvalue weighted by Gasteiger charge is -2.31. The van der Waals surface area contributed by atoms with Crippen LogP contribution in [0.5, 0.6) is 0 Å². The molecule has 0 saturated heterocycles. The van der Waals surface area contributed by atoms with Gasteiger partial charge in [0.2, 0.25) is 0 Å². The van der Waals surface area contributed by atoms with Crippen LogP contribution < -0.4 is 20.2 Å². The average molecular weight is 889 g/mol. The molecule has 0 atom stereocenters. The molecule has 0 unspecified atom stereocenters. The van der Waals surface area contributed by atoms with Crippen LogP contribution in [0.1, 0.15) is 22.3 Å². The quantitative estimate of drug-likeness (QED) is 0.0997. The summed E-state index contributed by atoms with van der Waals surface area (Å²) in [5.74, 6) is 0. The molecule has 0 bridgehead atoms. The Morgan fingerprint density at radius 3 is 0.924 bits per heavy atom. The van der Waals surface area contributed by atoms with Crippen molar-refractivity contribution in [3.05, 3.63) is 204 Å². The predicted molar refractivity (Wildman–Crippen MR) is 295 cm³/mol. The first kappa shape index (κ1) is 43.2. The van der Waals surface area contributed by atoms with Gasteiger partial charge in [-0.05, 0) is 121 Å². The fraction of sp³-hybridized carbons (Fsp3) is 0.161. The number of aryl methyl sites for hydroxylation is 4. The van der Waals surface area contributed by atoms with Crippen LogP contribution in [0.25, 0.3) is 54.6 Å². The Morgan fingerprint density at radius 2 is 0.606 bits per heavy atom. The van der Waals surface area contributed by atoms with Crippen molar-refractivity contribution in [2.75, 3.05) is 9.80 Å². The summed E-state index contributed by atoms with van der Waals surface area (Å²) in [7, 11) is -3.08. The second-order valence-corrected chi connectivity index (χ2v) is 30.8. The third-order valence-corrected chi connectivity index (χ3v) is 17.5. The van der Waals surface area contributed by atoms with Crippen LogP contribution in [0, 0.1) is 27.7 Å². The minimum Gasteiger partial charge on any atom is -0.310 e. The molecule has 0 aliphatic heterocycles. The van der Waals surface area contributed by atoms with Gasteiger partial charge in [-0.15, -0.1) is 0 Å². The van der Waals surface area contributed by atoms with E-state index in [0.717, 1.165) is 22.7 Å². The second kappa shape index (κ2) is 16.6. The summed E-state index contributed by atoms with van der Waals surface area (Å²) in [6.07, 6.45) is 0. The van der Waals surface area contributed by atoms with Crippen LogP contribution in [0.3, 0.4) is 0 Å². The molecule has 0 aliphatic rings. The van der Waals surface area contributed by atoms with Crippen molar-refractivity contribution in [3.8, 4) is 22.3 Å². The maximum absolute atomic E-state index is 2.49. The molecule has 0 aliphatic carbocycles. The van der Waals surface area contributed by atoms with Gasteiger partial charge < -0.3 is 9.80 Å². The van der Waals surface area contributed by atoms with Crippen LogP contribution in [0.4, 0.5) is 34.1 Å². The van der Waals surface area contributed by atoms with Crippen molar-refractivity contribution in [2.24, 2.45) is 0 Å². The van der Waals surface area contributed by atoms with Gasteiger partial charge in [-0.1, -0.05) is 193 Å². The Hall–Kier alpha value is -6.73. The van der Waals surface area contributed by atoms with E-state index in [1.165, 1.54) is 98.6 Å². The highest BCUT2D eigenvalue weighted by Gasteiger charge is 2.27. The predicted octanol–water partition coefficient (Wildman–Crippen LogP) is 17.2. The zero-order valence-electron chi connectivity index (χ0n) is 40.2. The molecule has 10 aromatic carbocycles. The number of nitrogens with zero attached hydrogens (tertiary/aromatic N) is 2. The number of hydrogen-bond donors (Lipinski definition) is 0. The Labute approximate surface area is 394 Å². The monoisotopic (exact) mass is 888 g/mol. The fourth-order valence-corrected chi connectivity index (χ4v) is 12.6. The van der Waals surface area contributed by atoms with Gasteiger partial charge in [0.15, 0.2) is 0 Å². The Balaban J connectivity index is 1.37. The van der Waals surface area contributed by atoms with Gasteiger partial charge in [0.25, 0.3) is 0 Å². The summed E-state index contributed by atoms with van der Waals surface area (Å²) in [5.41, 5.74) is 16.9. The zero-order chi connectivity index (χ0) is 46.1. The third kappa shape index (κ3) is 7.93. The molecular weight excluding hydrogens is 829 g/mol. The van der Waals surface area contributed by atoms with Crippen LogP contribution in [0.15, 0.2) is 182 Å². The molecule has 4 heteroatoms.